The molecule has 3 aliphatic heterocycles. The maximum atomic E-state index is 11.8. The van der Waals surface area contributed by atoms with Gasteiger partial charge in [-0.05, 0) is 37.4 Å². The highest BCUT2D eigenvalue weighted by molar-refractivity contribution is 5.95. The fraction of sp³-hybridized carbons (Fsp3) is 0.389. The minimum Gasteiger partial charge on any atom is -0.478 e. The van der Waals surface area contributed by atoms with Crippen LogP contribution in [0.4, 0.5) is 0 Å². The van der Waals surface area contributed by atoms with Crippen LogP contribution in [0.2, 0.25) is 0 Å². The summed E-state index contributed by atoms with van der Waals surface area (Å²) in [6.07, 6.45) is 5.05. The number of carbonyl (C=O) groups is 1. The van der Waals surface area contributed by atoms with E-state index in [1.54, 1.807) is 0 Å². The lowest BCUT2D eigenvalue weighted by molar-refractivity contribution is -0.133. The number of rotatable bonds is 1. The molecular formula is C18H18N2O2. The maximum absolute atomic E-state index is 11.8. The molecule has 0 radical (unpaired) electrons. The van der Waals surface area contributed by atoms with Crippen molar-refractivity contribution in [2.75, 3.05) is 13.1 Å². The summed E-state index contributed by atoms with van der Waals surface area (Å²) in [6.45, 7) is 2.14. The van der Waals surface area contributed by atoms with Crippen LogP contribution in [-0.4, -0.2) is 33.6 Å². The molecule has 0 amide bonds. The number of hydrogen-bond donors (Lipinski definition) is 1. The van der Waals surface area contributed by atoms with Crippen LogP contribution in [0.3, 0.4) is 0 Å². The number of fused-ring (bicyclic) bond motifs is 3. The second kappa shape index (κ2) is 4.23. The van der Waals surface area contributed by atoms with Gasteiger partial charge in [0.2, 0.25) is 0 Å². The number of para-hydroxylation sites is 1. The maximum Gasteiger partial charge on any atom is 0.333 e. The van der Waals surface area contributed by atoms with Gasteiger partial charge in [-0.3, -0.25) is 4.90 Å². The van der Waals surface area contributed by atoms with Gasteiger partial charge in [0.1, 0.15) is 0 Å². The largest absolute Gasteiger partial charge is 0.478 e. The van der Waals surface area contributed by atoms with Crippen LogP contribution in [0.5, 0.6) is 0 Å². The summed E-state index contributed by atoms with van der Waals surface area (Å²) >= 11 is 0. The third-order valence-corrected chi connectivity index (χ3v) is 5.64. The second-order valence-electron chi connectivity index (χ2n) is 6.62. The van der Waals surface area contributed by atoms with E-state index >= 15 is 0 Å². The van der Waals surface area contributed by atoms with E-state index in [0.717, 1.165) is 37.9 Å². The zero-order valence-electron chi connectivity index (χ0n) is 12.3. The lowest BCUT2D eigenvalue weighted by atomic mass is 9.77. The van der Waals surface area contributed by atoms with Crippen molar-refractivity contribution in [1.82, 2.24) is 9.47 Å². The van der Waals surface area contributed by atoms with E-state index in [4.69, 9.17) is 0 Å². The van der Waals surface area contributed by atoms with Crippen molar-refractivity contribution in [2.24, 2.45) is 5.92 Å². The Kier molecular flexibility index (Phi) is 2.40. The van der Waals surface area contributed by atoms with Crippen LogP contribution < -0.4 is 0 Å². The van der Waals surface area contributed by atoms with Gasteiger partial charge in [-0.15, -0.1) is 0 Å². The Morgan fingerprint density at radius 2 is 2.09 bits per heavy atom. The molecule has 4 heteroatoms. The first kappa shape index (κ1) is 12.5. The number of carboxylic acids is 1. The molecule has 112 valence electrons. The Labute approximate surface area is 128 Å². The van der Waals surface area contributed by atoms with E-state index in [1.165, 1.54) is 16.6 Å². The number of hydrogen-bond acceptors (Lipinski definition) is 2. The van der Waals surface area contributed by atoms with Crippen molar-refractivity contribution in [3.8, 4) is 0 Å². The molecule has 0 aliphatic carbocycles. The summed E-state index contributed by atoms with van der Waals surface area (Å²) < 4.78 is 2.16. The van der Waals surface area contributed by atoms with Crippen molar-refractivity contribution in [3.63, 3.8) is 0 Å². The molecule has 4 heterocycles. The lowest BCUT2D eigenvalue weighted by Gasteiger charge is -2.46. The quantitative estimate of drug-likeness (QED) is 0.879. The summed E-state index contributed by atoms with van der Waals surface area (Å²) in [7, 11) is 0. The molecule has 22 heavy (non-hydrogen) atoms. The van der Waals surface area contributed by atoms with E-state index in [-0.39, 0.29) is 12.0 Å². The molecule has 0 bridgehead atoms. The number of aliphatic carboxylic acids is 1. The summed E-state index contributed by atoms with van der Waals surface area (Å²) in [4.78, 5) is 14.3. The standard InChI is InChI=1S/C18H18N2O2/c21-18(22)14-10-20-15-6-2-1-4-11(15)13-7-9-19-8-3-5-12(14)16(19)17(13)20/h1-2,4,6,10,12,16H,3,5,7-9H2,(H,21,22)/t12-,16-/m1/s1. The molecule has 1 fully saturated rings. The number of benzene rings is 1. The number of carboxylic acid groups (broad SMARTS) is 1. The van der Waals surface area contributed by atoms with Crippen molar-refractivity contribution in [3.05, 3.63) is 41.1 Å². The van der Waals surface area contributed by atoms with Gasteiger partial charge in [0, 0.05) is 29.7 Å². The normalized spacial score (nSPS) is 26.6. The van der Waals surface area contributed by atoms with Gasteiger partial charge in [-0.25, -0.2) is 4.79 Å². The van der Waals surface area contributed by atoms with Gasteiger partial charge in [0.15, 0.2) is 0 Å². The lowest BCUT2D eigenvalue weighted by Crippen LogP contribution is -2.46. The summed E-state index contributed by atoms with van der Waals surface area (Å²) in [5, 5.41) is 11.0. The van der Waals surface area contributed by atoms with Gasteiger partial charge in [-0.2, -0.15) is 0 Å². The Balaban J connectivity index is 1.87. The van der Waals surface area contributed by atoms with Gasteiger partial charge in [0.25, 0.3) is 0 Å². The summed E-state index contributed by atoms with van der Waals surface area (Å²) in [5.74, 6) is -0.621. The first-order chi connectivity index (χ1) is 10.8. The molecule has 1 aromatic heterocycles. The van der Waals surface area contributed by atoms with Crippen LogP contribution in [0.25, 0.3) is 17.1 Å². The highest BCUT2D eigenvalue weighted by Gasteiger charge is 2.44. The molecule has 3 aliphatic rings. The van der Waals surface area contributed by atoms with E-state index in [2.05, 4.69) is 27.7 Å². The fourth-order valence-electron chi connectivity index (χ4n) is 4.78. The summed E-state index contributed by atoms with van der Waals surface area (Å²) in [5.41, 5.74) is 4.51. The van der Waals surface area contributed by atoms with Gasteiger partial charge in [0.05, 0.1) is 17.1 Å². The van der Waals surface area contributed by atoms with Crippen molar-refractivity contribution in [1.29, 1.82) is 0 Å². The third kappa shape index (κ3) is 1.43. The number of piperidine rings is 1. The molecule has 2 aromatic rings. The Bertz CT molecular complexity index is 833. The molecule has 5 rings (SSSR count). The molecule has 1 saturated heterocycles. The second-order valence-corrected chi connectivity index (χ2v) is 6.62. The number of aromatic nitrogens is 1. The first-order valence-electron chi connectivity index (χ1n) is 8.06. The van der Waals surface area contributed by atoms with E-state index in [0.29, 0.717) is 5.57 Å². The van der Waals surface area contributed by atoms with Crippen LogP contribution in [0.1, 0.15) is 30.1 Å². The Morgan fingerprint density at radius 3 is 2.95 bits per heavy atom. The van der Waals surface area contributed by atoms with Crippen LogP contribution in [0, 0.1) is 5.92 Å². The first-order valence-corrected chi connectivity index (χ1v) is 8.06. The highest BCUT2D eigenvalue weighted by Crippen LogP contribution is 2.49. The summed E-state index contributed by atoms with van der Waals surface area (Å²) in [6, 6.07) is 8.66. The number of nitrogens with zero attached hydrogens (tertiary/aromatic N) is 2. The third-order valence-electron chi connectivity index (χ3n) is 5.64. The predicted octanol–water partition coefficient (Wildman–Crippen LogP) is 2.89. The monoisotopic (exact) mass is 294 g/mol. The average molecular weight is 294 g/mol. The molecule has 1 N–H and O–H groups in total. The smallest absolute Gasteiger partial charge is 0.333 e. The van der Waals surface area contributed by atoms with Gasteiger partial charge >= 0.3 is 5.97 Å². The van der Waals surface area contributed by atoms with Crippen LogP contribution in [-0.2, 0) is 11.2 Å². The van der Waals surface area contributed by atoms with Crippen molar-refractivity contribution in [2.45, 2.75) is 25.3 Å². The topological polar surface area (TPSA) is 45.5 Å². The molecule has 0 saturated carbocycles. The van der Waals surface area contributed by atoms with Crippen molar-refractivity contribution < 1.29 is 9.90 Å². The zero-order chi connectivity index (χ0) is 14.8. The van der Waals surface area contributed by atoms with Crippen LogP contribution >= 0.6 is 0 Å². The molecular weight excluding hydrogens is 276 g/mol. The molecule has 0 spiro atoms. The predicted molar refractivity (Wildman–Crippen MR) is 84.6 cm³/mol. The molecule has 1 aromatic carbocycles. The molecule has 0 unspecified atom stereocenters. The van der Waals surface area contributed by atoms with E-state index < -0.39 is 5.97 Å². The van der Waals surface area contributed by atoms with Crippen LogP contribution in [0.15, 0.2) is 29.8 Å². The SMILES string of the molecule is O=C(O)C1=Cn2c3c(c4ccccc42)CCN2CCC[C@H]1[C@H]32. The Hall–Kier alpha value is -2.07. The zero-order valence-corrected chi connectivity index (χ0v) is 12.3. The van der Waals surface area contributed by atoms with E-state index in [1.807, 2.05) is 12.3 Å². The van der Waals surface area contributed by atoms with Crippen molar-refractivity contribution >= 4 is 23.1 Å². The van der Waals surface area contributed by atoms with Gasteiger partial charge in [-0.1, -0.05) is 18.2 Å². The minimum atomic E-state index is -0.762. The average Bonchev–Trinajstić information content (AvgIpc) is 2.87. The molecule has 4 nitrogen and oxygen atoms in total. The molecule has 2 atom stereocenters. The Morgan fingerprint density at radius 1 is 1.23 bits per heavy atom. The minimum absolute atomic E-state index is 0.141. The van der Waals surface area contributed by atoms with Gasteiger partial charge < -0.3 is 9.67 Å². The highest BCUT2D eigenvalue weighted by atomic mass is 16.4. The fourth-order valence-corrected chi connectivity index (χ4v) is 4.78. The van der Waals surface area contributed by atoms with E-state index in [9.17, 15) is 9.90 Å².